The molecule has 0 unspecified atom stereocenters. The first-order valence-electron chi connectivity index (χ1n) is 15.8. The van der Waals surface area contributed by atoms with Crippen molar-refractivity contribution in [1.82, 2.24) is 21.3 Å². The standard InChI is InChI=1S/C20H21N3O2.C19H19N3O2/c1-20(15-7-5-4-6-8-15)21-18(24)17(19(25)22-20)13-14-9-11-16(12-10-14)23(2)3;1-19(14-6-4-3-5-7-14)21-17(23)16(18(24)22-19)12-13-8-10-15(20-2)11-9-13/h4-13H,1-3H3,(H,21,24)(H,22,25);3-12,20H,1-2H3,(H,21,23)(H,22,24). The van der Waals surface area contributed by atoms with E-state index >= 15 is 0 Å². The number of carbonyl (C=O) groups excluding carboxylic acids is 4. The van der Waals surface area contributed by atoms with E-state index in [1.807, 2.05) is 135 Å². The number of benzene rings is 4. The van der Waals surface area contributed by atoms with E-state index in [-0.39, 0.29) is 34.8 Å². The molecule has 4 aromatic carbocycles. The van der Waals surface area contributed by atoms with Crippen LogP contribution in [-0.2, 0) is 30.5 Å². The Kier molecular flexibility index (Phi) is 9.98. The highest BCUT2D eigenvalue weighted by Crippen LogP contribution is 2.25. The Labute approximate surface area is 286 Å². The van der Waals surface area contributed by atoms with Gasteiger partial charge in [0.05, 0.1) is 0 Å². The molecule has 0 spiro atoms. The maximum Gasteiger partial charge on any atom is 0.258 e. The summed E-state index contributed by atoms with van der Waals surface area (Å²) in [5.74, 6) is -1.54. The third-order valence-electron chi connectivity index (χ3n) is 8.37. The second kappa shape index (κ2) is 14.3. The third-order valence-corrected chi connectivity index (χ3v) is 8.37. The van der Waals surface area contributed by atoms with Crippen molar-refractivity contribution in [2.24, 2.45) is 0 Å². The van der Waals surface area contributed by atoms with Gasteiger partial charge in [0.1, 0.15) is 22.5 Å². The normalized spacial score (nSPS) is 20.0. The molecule has 0 atom stereocenters. The monoisotopic (exact) mass is 656 g/mol. The molecule has 2 saturated heterocycles. The largest absolute Gasteiger partial charge is 0.388 e. The Hall–Kier alpha value is -6.16. The van der Waals surface area contributed by atoms with Crippen molar-refractivity contribution >= 4 is 47.2 Å². The lowest BCUT2D eigenvalue weighted by Gasteiger charge is -2.36. The van der Waals surface area contributed by atoms with Crippen LogP contribution in [-0.4, -0.2) is 44.8 Å². The molecule has 0 saturated carbocycles. The smallest absolute Gasteiger partial charge is 0.258 e. The van der Waals surface area contributed by atoms with E-state index in [2.05, 4.69) is 26.6 Å². The molecule has 4 aromatic rings. The van der Waals surface area contributed by atoms with Gasteiger partial charge in [0.25, 0.3) is 23.6 Å². The van der Waals surface area contributed by atoms with Crippen LogP contribution in [0.5, 0.6) is 0 Å². The Morgan fingerprint density at radius 1 is 0.531 bits per heavy atom. The van der Waals surface area contributed by atoms with Crippen LogP contribution >= 0.6 is 0 Å². The first-order valence-corrected chi connectivity index (χ1v) is 15.8. The van der Waals surface area contributed by atoms with Gasteiger partial charge in [-0.15, -0.1) is 0 Å². The Bertz CT molecular complexity index is 1860. The van der Waals surface area contributed by atoms with Gasteiger partial charge < -0.3 is 31.5 Å². The molecule has 0 radical (unpaired) electrons. The van der Waals surface area contributed by atoms with Crippen LogP contribution in [0, 0.1) is 0 Å². The minimum Gasteiger partial charge on any atom is -0.388 e. The highest BCUT2D eigenvalue weighted by atomic mass is 16.2. The number of hydrogen-bond donors (Lipinski definition) is 5. The van der Waals surface area contributed by atoms with E-state index in [1.54, 1.807) is 26.0 Å². The van der Waals surface area contributed by atoms with Crippen LogP contribution in [0.15, 0.2) is 120 Å². The van der Waals surface area contributed by atoms with Crippen LogP contribution in [0.1, 0.15) is 36.1 Å². The van der Waals surface area contributed by atoms with Gasteiger partial charge in [-0.1, -0.05) is 84.9 Å². The predicted molar refractivity (Wildman–Crippen MR) is 193 cm³/mol. The highest BCUT2D eigenvalue weighted by molar-refractivity contribution is 6.24. The summed E-state index contributed by atoms with van der Waals surface area (Å²) in [4.78, 5) is 52.0. The summed E-state index contributed by atoms with van der Waals surface area (Å²) < 4.78 is 0. The summed E-state index contributed by atoms with van der Waals surface area (Å²) in [5.41, 5.74) is 3.63. The second-order valence-electron chi connectivity index (χ2n) is 12.3. The van der Waals surface area contributed by atoms with Crippen LogP contribution in [0.3, 0.4) is 0 Å². The summed E-state index contributed by atoms with van der Waals surface area (Å²) >= 11 is 0. The summed E-state index contributed by atoms with van der Waals surface area (Å²) in [6, 6.07) is 33.9. The molecular weight excluding hydrogens is 616 g/mol. The topological polar surface area (TPSA) is 132 Å². The molecule has 2 aliphatic rings. The van der Waals surface area contributed by atoms with Crippen LogP contribution in [0.25, 0.3) is 12.2 Å². The zero-order valence-electron chi connectivity index (χ0n) is 28.1. The maximum absolute atomic E-state index is 12.5. The Balaban J connectivity index is 0.000000191. The van der Waals surface area contributed by atoms with E-state index in [1.165, 1.54) is 0 Å². The fourth-order valence-corrected chi connectivity index (χ4v) is 5.49. The molecule has 10 heteroatoms. The molecule has 2 aliphatic heterocycles. The number of anilines is 2. The van der Waals surface area contributed by atoms with Gasteiger partial charge in [-0.3, -0.25) is 19.2 Å². The number of nitrogens with one attached hydrogen (secondary N) is 5. The molecule has 0 aromatic heterocycles. The van der Waals surface area contributed by atoms with Gasteiger partial charge in [-0.2, -0.15) is 0 Å². The number of nitrogens with zero attached hydrogens (tertiary/aromatic N) is 1. The van der Waals surface area contributed by atoms with Gasteiger partial charge in [0, 0.05) is 32.5 Å². The van der Waals surface area contributed by atoms with E-state index in [9.17, 15) is 19.2 Å². The first-order chi connectivity index (χ1) is 23.4. The van der Waals surface area contributed by atoms with Gasteiger partial charge in [-0.25, -0.2) is 0 Å². The highest BCUT2D eigenvalue weighted by Gasteiger charge is 2.39. The van der Waals surface area contributed by atoms with Crippen molar-refractivity contribution in [3.8, 4) is 0 Å². The Morgan fingerprint density at radius 3 is 1.20 bits per heavy atom. The maximum atomic E-state index is 12.5. The van der Waals surface area contributed by atoms with Crippen LogP contribution < -0.4 is 31.5 Å². The predicted octanol–water partition coefficient (Wildman–Crippen LogP) is 4.49. The summed E-state index contributed by atoms with van der Waals surface area (Å²) in [6.45, 7) is 3.55. The number of rotatable bonds is 6. The van der Waals surface area contributed by atoms with Crippen molar-refractivity contribution in [3.63, 3.8) is 0 Å². The molecule has 2 fully saturated rings. The van der Waals surface area contributed by atoms with Crippen molar-refractivity contribution < 1.29 is 19.2 Å². The quantitative estimate of drug-likeness (QED) is 0.154. The van der Waals surface area contributed by atoms with Crippen molar-refractivity contribution in [2.45, 2.75) is 25.2 Å². The van der Waals surface area contributed by atoms with Crippen LogP contribution in [0.2, 0.25) is 0 Å². The van der Waals surface area contributed by atoms with Gasteiger partial charge >= 0.3 is 0 Å². The summed E-state index contributed by atoms with van der Waals surface area (Å²) in [6.07, 6.45) is 3.20. The molecule has 250 valence electrons. The van der Waals surface area contributed by atoms with E-state index < -0.39 is 11.3 Å². The first kappa shape index (κ1) is 34.2. The summed E-state index contributed by atoms with van der Waals surface area (Å²) in [7, 11) is 5.75. The average Bonchev–Trinajstić information content (AvgIpc) is 3.09. The number of carbonyl (C=O) groups is 4. The third kappa shape index (κ3) is 7.87. The molecule has 4 amide bonds. The molecule has 2 heterocycles. The minimum absolute atomic E-state index is 0.0978. The lowest BCUT2D eigenvalue weighted by Crippen LogP contribution is -2.62. The fraction of sp³-hybridized carbons (Fsp3) is 0.179. The van der Waals surface area contributed by atoms with E-state index in [4.69, 9.17) is 0 Å². The van der Waals surface area contributed by atoms with Crippen molar-refractivity contribution in [1.29, 1.82) is 0 Å². The Morgan fingerprint density at radius 2 is 0.878 bits per heavy atom. The SMILES string of the molecule is CN(C)c1ccc(C=C2C(=O)NC(C)(c3ccccc3)NC2=O)cc1.CNc1ccc(C=C2C(=O)NC(C)(c3ccccc3)NC2=O)cc1. The second-order valence-corrected chi connectivity index (χ2v) is 12.3. The van der Waals surface area contributed by atoms with E-state index in [0.29, 0.717) is 0 Å². The number of amides is 4. The lowest BCUT2D eigenvalue weighted by molar-refractivity contribution is -0.132. The molecule has 0 aliphatic carbocycles. The molecule has 6 rings (SSSR count). The lowest BCUT2D eigenvalue weighted by atomic mass is 9.96. The molecule has 49 heavy (non-hydrogen) atoms. The molecular formula is C39H40N6O4. The van der Waals surface area contributed by atoms with Crippen LogP contribution in [0.4, 0.5) is 11.4 Å². The molecule has 0 bridgehead atoms. The summed E-state index contributed by atoms with van der Waals surface area (Å²) in [5, 5.41) is 14.6. The number of hydrogen-bond acceptors (Lipinski definition) is 6. The van der Waals surface area contributed by atoms with Gasteiger partial charge in [-0.05, 0) is 72.5 Å². The zero-order valence-corrected chi connectivity index (χ0v) is 28.1. The molecule has 10 nitrogen and oxygen atoms in total. The zero-order chi connectivity index (χ0) is 35.2. The van der Waals surface area contributed by atoms with Crippen molar-refractivity contribution in [3.05, 3.63) is 143 Å². The van der Waals surface area contributed by atoms with E-state index in [0.717, 1.165) is 33.6 Å². The van der Waals surface area contributed by atoms with Gasteiger partial charge in [0.2, 0.25) is 0 Å². The average molecular weight is 657 g/mol. The van der Waals surface area contributed by atoms with Gasteiger partial charge in [0.15, 0.2) is 0 Å². The molecule has 5 N–H and O–H groups in total. The fourth-order valence-electron chi connectivity index (χ4n) is 5.49. The minimum atomic E-state index is -0.915. The van der Waals surface area contributed by atoms with Crippen molar-refractivity contribution in [2.75, 3.05) is 31.4 Å².